The number of nitrogens with one attached hydrogen (secondary N) is 1. The predicted octanol–water partition coefficient (Wildman–Crippen LogP) is 0.798. The van der Waals surface area contributed by atoms with Crippen LogP contribution in [0.5, 0.6) is 11.5 Å². The van der Waals surface area contributed by atoms with Gasteiger partial charge in [0.2, 0.25) is 5.91 Å². The van der Waals surface area contributed by atoms with Crippen molar-refractivity contribution in [2.24, 2.45) is 0 Å². The topological polar surface area (TPSA) is 102 Å². The number of ether oxygens (including phenoxy) is 2. The van der Waals surface area contributed by atoms with Gasteiger partial charge in [-0.1, -0.05) is 6.07 Å². The number of carbonyl (C=O) groups is 1. The number of nitrogens with zero attached hydrogens (tertiary/aromatic N) is 4. The maximum atomic E-state index is 12.0. The second-order valence-corrected chi connectivity index (χ2v) is 5.07. The van der Waals surface area contributed by atoms with Gasteiger partial charge in [0.05, 0.1) is 6.04 Å². The SMILES string of the molecule is CC(NC(=O)Cn1cnc(C#N)n1)c1ccc2c(c1)OCCO2. The average Bonchev–Trinajstić information content (AvgIpc) is 3.01. The van der Waals surface area contributed by atoms with Crippen LogP contribution in [-0.2, 0) is 11.3 Å². The summed E-state index contributed by atoms with van der Waals surface area (Å²) in [5.41, 5.74) is 0.916. The maximum absolute atomic E-state index is 12.0. The van der Waals surface area contributed by atoms with Crippen LogP contribution in [-0.4, -0.2) is 33.9 Å². The smallest absolute Gasteiger partial charge is 0.252 e. The Morgan fingerprint density at radius 3 is 2.96 bits per heavy atom. The molecule has 8 nitrogen and oxygen atoms in total. The number of benzene rings is 1. The van der Waals surface area contributed by atoms with Crippen LogP contribution in [0.4, 0.5) is 0 Å². The molecule has 1 N–H and O–H groups in total. The van der Waals surface area contributed by atoms with E-state index in [-0.39, 0.29) is 24.3 Å². The van der Waals surface area contributed by atoms with Gasteiger partial charge in [-0.15, -0.1) is 5.10 Å². The van der Waals surface area contributed by atoms with E-state index in [1.165, 1.54) is 11.0 Å². The highest BCUT2D eigenvalue weighted by Crippen LogP contribution is 2.32. The summed E-state index contributed by atoms with van der Waals surface area (Å²) in [5, 5.41) is 15.4. The lowest BCUT2D eigenvalue weighted by Crippen LogP contribution is -2.30. The summed E-state index contributed by atoms with van der Waals surface area (Å²) in [5.74, 6) is 1.22. The molecule has 8 heteroatoms. The number of rotatable bonds is 4. The summed E-state index contributed by atoms with van der Waals surface area (Å²) >= 11 is 0. The van der Waals surface area contributed by atoms with Crippen molar-refractivity contribution in [2.75, 3.05) is 13.2 Å². The Bertz CT molecular complexity index is 765. The molecule has 0 fully saturated rings. The Morgan fingerprint density at radius 1 is 1.43 bits per heavy atom. The first-order valence-corrected chi connectivity index (χ1v) is 7.14. The van der Waals surface area contributed by atoms with Crippen LogP contribution in [0.2, 0.25) is 0 Å². The van der Waals surface area contributed by atoms with Crippen molar-refractivity contribution in [1.82, 2.24) is 20.1 Å². The monoisotopic (exact) mass is 313 g/mol. The van der Waals surface area contributed by atoms with Crippen molar-refractivity contribution in [3.8, 4) is 17.6 Å². The number of carbonyl (C=O) groups excluding carboxylic acids is 1. The Hall–Kier alpha value is -3.08. The molecule has 118 valence electrons. The van der Waals surface area contributed by atoms with E-state index >= 15 is 0 Å². The van der Waals surface area contributed by atoms with Crippen LogP contribution in [0.15, 0.2) is 24.5 Å². The van der Waals surface area contributed by atoms with E-state index in [9.17, 15) is 4.79 Å². The molecule has 1 atom stereocenters. The molecule has 3 rings (SSSR count). The molecule has 1 aliphatic rings. The minimum atomic E-state index is -0.221. The molecule has 1 aliphatic heterocycles. The molecule has 0 aliphatic carbocycles. The summed E-state index contributed by atoms with van der Waals surface area (Å²) in [6.45, 7) is 2.95. The first-order chi connectivity index (χ1) is 11.2. The van der Waals surface area contributed by atoms with Crippen molar-refractivity contribution in [3.63, 3.8) is 0 Å². The van der Waals surface area contributed by atoms with Gasteiger partial charge in [0.1, 0.15) is 32.2 Å². The standard InChI is InChI=1S/C15H15N5O3/c1-10(11-2-3-12-13(6-11)23-5-4-22-12)18-15(21)8-20-9-17-14(7-16)19-20/h2-3,6,9-10H,4-5,8H2,1H3,(H,18,21). The lowest BCUT2D eigenvalue weighted by Gasteiger charge is -2.21. The van der Waals surface area contributed by atoms with Crippen LogP contribution >= 0.6 is 0 Å². The van der Waals surface area contributed by atoms with E-state index in [0.29, 0.717) is 24.7 Å². The minimum absolute atomic E-state index is 0.00354. The molecule has 0 saturated heterocycles. The number of fused-ring (bicyclic) bond motifs is 1. The highest BCUT2D eigenvalue weighted by molar-refractivity contribution is 5.76. The Kier molecular flexibility index (Phi) is 4.10. The predicted molar refractivity (Wildman–Crippen MR) is 78.7 cm³/mol. The van der Waals surface area contributed by atoms with E-state index in [1.807, 2.05) is 31.2 Å². The van der Waals surface area contributed by atoms with Gasteiger partial charge in [-0.2, -0.15) is 5.26 Å². The van der Waals surface area contributed by atoms with Gasteiger partial charge in [0.25, 0.3) is 5.82 Å². The first kappa shape index (κ1) is 14.8. The van der Waals surface area contributed by atoms with Crippen LogP contribution < -0.4 is 14.8 Å². The lowest BCUT2D eigenvalue weighted by molar-refractivity contribution is -0.122. The molecule has 1 unspecified atom stereocenters. The highest BCUT2D eigenvalue weighted by atomic mass is 16.6. The summed E-state index contributed by atoms with van der Waals surface area (Å²) in [6.07, 6.45) is 1.35. The molecule has 0 radical (unpaired) electrons. The normalized spacial score (nSPS) is 13.9. The molecular formula is C15H15N5O3. The Morgan fingerprint density at radius 2 is 2.22 bits per heavy atom. The summed E-state index contributed by atoms with van der Waals surface area (Å²) < 4.78 is 12.3. The van der Waals surface area contributed by atoms with E-state index in [2.05, 4.69) is 15.4 Å². The molecule has 0 saturated carbocycles. The van der Waals surface area contributed by atoms with Crippen molar-refractivity contribution in [3.05, 3.63) is 35.9 Å². The fraction of sp³-hybridized carbons (Fsp3) is 0.333. The molecule has 1 amide bonds. The van der Waals surface area contributed by atoms with Crippen molar-refractivity contribution in [2.45, 2.75) is 19.5 Å². The van der Waals surface area contributed by atoms with Gasteiger partial charge in [-0.25, -0.2) is 9.67 Å². The van der Waals surface area contributed by atoms with Gasteiger partial charge in [0, 0.05) is 0 Å². The van der Waals surface area contributed by atoms with E-state index in [0.717, 1.165) is 5.56 Å². The number of nitriles is 1. The van der Waals surface area contributed by atoms with E-state index < -0.39 is 0 Å². The zero-order valence-electron chi connectivity index (χ0n) is 12.5. The molecule has 2 heterocycles. The third-order valence-electron chi connectivity index (χ3n) is 3.39. The van der Waals surface area contributed by atoms with Crippen LogP contribution in [0, 0.1) is 11.3 Å². The Labute approximate surface area is 132 Å². The number of amides is 1. The third-order valence-corrected chi connectivity index (χ3v) is 3.39. The molecule has 23 heavy (non-hydrogen) atoms. The fourth-order valence-electron chi connectivity index (χ4n) is 2.27. The second-order valence-electron chi connectivity index (χ2n) is 5.07. The average molecular weight is 313 g/mol. The second kappa shape index (κ2) is 6.36. The molecular weight excluding hydrogens is 298 g/mol. The van der Waals surface area contributed by atoms with Crippen LogP contribution in [0.3, 0.4) is 0 Å². The number of hydrogen-bond donors (Lipinski definition) is 1. The molecule has 2 aromatic rings. The van der Waals surface area contributed by atoms with Gasteiger partial charge in [-0.05, 0) is 24.6 Å². The van der Waals surface area contributed by atoms with Gasteiger partial charge >= 0.3 is 0 Å². The van der Waals surface area contributed by atoms with Crippen molar-refractivity contribution in [1.29, 1.82) is 5.26 Å². The Balaban J connectivity index is 1.63. The van der Waals surface area contributed by atoms with E-state index in [1.54, 1.807) is 0 Å². The summed E-state index contributed by atoms with van der Waals surface area (Å²) in [7, 11) is 0. The summed E-state index contributed by atoms with van der Waals surface area (Å²) in [4.78, 5) is 15.8. The summed E-state index contributed by atoms with van der Waals surface area (Å²) in [6, 6.07) is 7.21. The minimum Gasteiger partial charge on any atom is -0.486 e. The number of hydrogen-bond acceptors (Lipinski definition) is 6. The fourth-order valence-corrected chi connectivity index (χ4v) is 2.27. The van der Waals surface area contributed by atoms with Gasteiger partial charge in [-0.3, -0.25) is 4.79 Å². The lowest BCUT2D eigenvalue weighted by atomic mass is 10.1. The highest BCUT2D eigenvalue weighted by Gasteiger charge is 2.16. The number of aromatic nitrogens is 3. The molecule has 1 aromatic heterocycles. The van der Waals surface area contributed by atoms with Crippen molar-refractivity contribution < 1.29 is 14.3 Å². The molecule has 0 spiro atoms. The van der Waals surface area contributed by atoms with Gasteiger partial charge < -0.3 is 14.8 Å². The zero-order chi connectivity index (χ0) is 16.2. The molecule has 0 bridgehead atoms. The van der Waals surface area contributed by atoms with E-state index in [4.69, 9.17) is 14.7 Å². The molecule has 1 aromatic carbocycles. The zero-order valence-corrected chi connectivity index (χ0v) is 12.5. The maximum Gasteiger partial charge on any atom is 0.252 e. The largest absolute Gasteiger partial charge is 0.486 e. The third kappa shape index (κ3) is 3.40. The van der Waals surface area contributed by atoms with Crippen LogP contribution in [0.25, 0.3) is 0 Å². The van der Waals surface area contributed by atoms with Crippen LogP contribution in [0.1, 0.15) is 24.4 Å². The first-order valence-electron chi connectivity index (χ1n) is 7.14. The van der Waals surface area contributed by atoms with Crippen molar-refractivity contribution >= 4 is 5.91 Å². The van der Waals surface area contributed by atoms with Gasteiger partial charge in [0.15, 0.2) is 11.5 Å². The quantitative estimate of drug-likeness (QED) is 0.895.